The lowest BCUT2D eigenvalue weighted by Gasteiger charge is -2.34. The molecule has 1 unspecified atom stereocenters. The molecular formula is C10H12N2O3S2. The van der Waals surface area contributed by atoms with E-state index >= 15 is 0 Å². The molecule has 1 aromatic heterocycles. The summed E-state index contributed by atoms with van der Waals surface area (Å²) in [5, 5.41) is 8.84. The average Bonchev–Trinajstić information content (AvgIpc) is 2.81. The van der Waals surface area contributed by atoms with Gasteiger partial charge in [-0.15, -0.1) is 11.3 Å². The second-order valence-electron chi connectivity index (χ2n) is 3.69. The SMILES string of the molecule is O=C(O)CC1CSCCN1C(=O)c1cncs1. The molecule has 1 fully saturated rings. The maximum atomic E-state index is 12.1. The van der Waals surface area contributed by atoms with Gasteiger partial charge in [0.25, 0.3) is 5.91 Å². The quantitative estimate of drug-likeness (QED) is 0.894. The molecule has 7 heteroatoms. The molecule has 0 spiro atoms. The van der Waals surface area contributed by atoms with Gasteiger partial charge in [0.1, 0.15) is 4.88 Å². The third-order valence-electron chi connectivity index (χ3n) is 2.54. The van der Waals surface area contributed by atoms with Crippen LogP contribution in [0.2, 0.25) is 0 Å². The molecule has 1 atom stereocenters. The van der Waals surface area contributed by atoms with Crippen molar-refractivity contribution in [2.75, 3.05) is 18.1 Å². The number of hydrogen-bond donors (Lipinski definition) is 1. The molecule has 0 aromatic carbocycles. The summed E-state index contributed by atoms with van der Waals surface area (Å²) >= 11 is 2.98. The van der Waals surface area contributed by atoms with Crippen LogP contribution in [0.5, 0.6) is 0 Å². The first kappa shape index (κ1) is 12.4. The fourth-order valence-electron chi connectivity index (χ4n) is 1.76. The van der Waals surface area contributed by atoms with Gasteiger partial charge >= 0.3 is 5.97 Å². The Bertz CT molecular complexity index is 408. The number of thiazole rings is 1. The van der Waals surface area contributed by atoms with E-state index in [1.807, 2.05) is 0 Å². The third kappa shape index (κ3) is 2.98. The van der Waals surface area contributed by atoms with Crippen LogP contribution in [0.15, 0.2) is 11.7 Å². The van der Waals surface area contributed by atoms with E-state index in [0.29, 0.717) is 17.2 Å². The highest BCUT2D eigenvalue weighted by molar-refractivity contribution is 7.99. The van der Waals surface area contributed by atoms with Gasteiger partial charge in [-0.25, -0.2) is 0 Å². The number of rotatable bonds is 3. The summed E-state index contributed by atoms with van der Waals surface area (Å²) in [6.45, 7) is 0.610. The van der Waals surface area contributed by atoms with Crippen LogP contribution in [0.1, 0.15) is 16.1 Å². The van der Waals surface area contributed by atoms with Crippen molar-refractivity contribution in [2.24, 2.45) is 0 Å². The van der Waals surface area contributed by atoms with E-state index in [-0.39, 0.29) is 18.4 Å². The number of aliphatic carboxylic acids is 1. The molecule has 0 bridgehead atoms. The number of carboxylic acid groups (broad SMARTS) is 1. The standard InChI is InChI=1S/C10H12N2O3S2/c13-9(14)3-7-5-16-2-1-12(7)10(15)8-4-11-6-17-8/h4,6-7H,1-3,5H2,(H,13,14). The Morgan fingerprint density at radius 3 is 3.06 bits per heavy atom. The number of hydrogen-bond acceptors (Lipinski definition) is 5. The fourth-order valence-corrected chi connectivity index (χ4v) is 3.39. The van der Waals surface area contributed by atoms with Crippen LogP contribution in [-0.2, 0) is 4.79 Å². The highest BCUT2D eigenvalue weighted by Crippen LogP contribution is 2.22. The van der Waals surface area contributed by atoms with Crippen LogP contribution in [0.25, 0.3) is 0 Å². The molecule has 2 rings (SSSR count). The van der Waals surface area contributed by atoms with Crippen LogP contribution in [0, 0.1) is 0 Å². The Morgan fingerprint density at radius 1 is 1.59 bits per heavy atom. The lowest BCUT2D eigenvalue weighted by atomic mass is 10.2. The average molecular weight is 272 g/mol. The van der Waals surface area contributed by atoms with E-state index in [2.05, 4.69) is 4.98 Å². The Kier molecular flexibility index (Phi) is 4.01. The maximum absolute atomic E-state index is 12.1. The minimum atomic E-state index is -0.861. The van der Waals surface area contributed by atoms with Gasteiger partial charge in [0.05, 0.1) is 24.2 Å². The van der Waals surface area contributed by atoms with Crippen molar-refractivity contribution in [1.29, 1.82) is 0 Å². The number of carboxylic acids is 1. The summed E-state index contributed by atoms with van der Waals surface area (Å²) in [7, 11) is 0. The second kappa shape index (κ2) is 5.50. The highest BCUT2D eigenvalue weighted by Gasteiger charge is 2.29. The second-order valence-corrected chi connectivity index (χ2v) is 5.73. The Morgan fingerprint density at radius 2 is 2.41 bits per heavy atom. The van der Waals surface area contributed by atoms with Gasteiger partial charge in [0, 0.05) is 18.1 Å². The largest absolute Gasteiger partial charge is 0.481 e. The van der Waals surface area contributed by atoms with Crippen molar-refractivity contribution < 1.29 is 14.7 Å². The van der Waals surface area contributed by atoms with Crippen molar-refractivity contribution in [3.05, 3.63) is 16.6 Å². The van der Waals surface area contributed by atoms with Gasteiger partial charge in [-0.1, -0.05) is 0 Å². The number of thioether (sulfide) groups is 1. The zero-order chi connectivity index (χ0) is 12.3. The van der Waals surface area contributed by atoms with Gasteiger partial charge in [-0.3, -0.25) is 14.6 Å². The Hall–Kier alpha value is -1.08. The smallest absolute Gasteiger partial charge is 0.305 e. The lowest BCUT2D eigenvalue weighted by Crippen LogP contribution is -2.46. The van der Waals surface area contributed by atoms with Crippen LogP contribution in [0.4, 0.5) is 0 Å². The summed E-state index contributed by atoms with van der Waals surface area (Å²) in [6, 6.07) is -0.208. The third-order valence-corrected chi connectivity index (χ3v) is 4.39. The maximum Gasteiger partial charge on any atom is 0.305 e. The molecular weight excluding hydrogens is 260 g/mol. The normalized spacial score (nSPS) is 20.2. The lowest BCUT2D eigenvalue weighted by molar-refractivity contribution is -0.138. The van der Waals surface area contributed by atoms with E-state index in [1.54, 1.807) is 22.2 Å². The van der Waals surface area contributed by atoms with E-state index < -0.39 is 5.97 Å². The first-order valence-electron chi connectivity index (χ1n) is 5.17. The van der Waals surface area contributed by atoms with E-state index in [1.165, 1.54) is 17.5 Å². The van der Waals surface area contributed by atoms with Crippen LogP contribution in [0.3, 0.4) is 0 Å². The predicted molar refractivity (Wildman–Crippen MR) is 66.5 cm³/mol. The molecule has 1 saturated heterocycles. The summed E-state index contributed by atoms with van der Waals surface area (Å²) in [5.41, 5.74) is 1.61. The van der Waals surface area contributed by atoms with Crippen LogP contribution in [-0.4, -0.2) is 51.0 Å². The summed E-state index contributed by atoms with van der Waals surface area (Å²) < 4.78 is 0. The molecule has 1 amide bonds. The fraction of sp³-hybridized carbons (Fsp3) is 0.500. The zero-order valence-electron chi connectivity index (χ0n) is 9.04. The molecule has 0 aliphatic carbocycles. The highest BCUT2D eigenvalue weighted by atomic mass is 32.2. The molecule has 2 heterocycles. The van der Waals surface area contributed by atoms with Gasteiger partial charge in [0.2, 0.25) is 0 Å². The molecule has 1 aliphatic heterocycles. The van der Waals surface area contributed by atoms with Crippen LogP contribution >= 0.6 is 23.1 Å². The minimum Gasteiger partial charge on any atom is -0.481 e. The Labute approximate surface area is 107 Å². The van der Waals surface area contributed by atoms with Gasteiger partial charge in [-0.2, -0.15) is 11.8 Å². The minimum absolute atomic E-state index is 0.0115. The zero-order valence-corrected chi connectivity index (χ0v) is 10.7. The number of aromatic nitrogens is 1. The van der Waals surface area contributed by atoms with Gasteiger partial charge in [-0.05, 0) is 0 Å². The first-order chi connectivity index (χ1) is 8.18. The number of nitrogens with zero attached hydrogens (tertiary/aromatic N) is 2. The molecule has 5 nitrogen and oxygen atoms in total. The van der Waals surface area contributed by atoms with Crippen LogP contribution < -0.4 is 0 Å². The predicted octanol–water partition coefficient (Wildman–Crippen LogP) is 1.18. The topological polar surface area (TPSA) is 70.5 Å². The van der Waals surface area contributed by atoms with E-state index in [9.17, 15) is 9.59 Å². The van der Waals surface area contributed by atoms with Crippen molar-refractivity contribution in [3.8, 4) is 0 Å². The van der Waals surface area contributed by atoms with Crippen molar-refractivity contribution in [1.82, 2.24) is 9.88 Å². The molecule has 92 valence electrons. The summed E-state index contributed by atoms with van der Waals surface area (Å²) in [5.74, 6) is 0.594. The number of amides is 1. The van der Waals surface area contributed by atoms with E-state index in [4.69, 9.17) is 5.11 Å². The summed E-state index contributed by atoms with van der Waals surface area (Å²) in [4.78, 5) is 29.0. The van der Waals surface area contributed by atoms with Gasteiger partial charge in [0.15, 0.2) is 0 Å². The van der Waals surface area contributed by atoms with Crippen molar-refractivity contribution >= 4 is 35.0 Å². The van der Waals surface area contributed by atoms with Crippen molar-refractivity contribution in [3.63, 3.8) is 0 Å². The number of carbonyl (C=O) groups is 2. The summed E-state index contributed by atoms with van der Waals surface area (Å²) in [6.07, 6.45) is 1.55. The molecule has 1 aromatic rings. The monoisotopic (exact) mass is 272 g/mol. The molecule has 1 N–H and O–H groups in total. The molecule has 0 saturated carbocycles. The molecule has 0 radical (unpaired) electrons. The Balaban J connectivity index is 2.10. The van der Waals surface area contributed by atoms with Crippen molar-refractivity contribution in [2.45, 2.75) is 12.5 Å². The first-order valence-corrected chi connectivity index (χ1v) is 7.21. The molecule has 1 aliphatic rings. The molecule has 17 heavy (non-hydrogen) atoms. The van der Waals surface area contributed by atoms with E-state index in [0.717, 1.165) is 5.75 Å². The van der Waals surface area contributed by atoms with Gasteiger partial charge < -0.3 is 10.0 Å². The number of carbonyl (C=O) groups excluding carboxylic acids is 1.